The number of nitrogen functional groups attached to an aromatic ring is 1. The number of para-hydroxylation sites is 1. The topological polar surface area (TPSA) is 75.4 Å². The summed E-state index contributed by atoms with van der Waals surface area (Å²) in [5, 5.41) is 0.954. The molecule has 1 aliphatic rings. The predicted molar refractivity (Wildman–Crippen MR) is 92.9 cm³/mol. The molecule has 2 aromatic rings. The first-order valence-corrected chi connectivity index (χ1v) is 8.67. The summed E-state index contributed by atoms with van der Waals surface area (Å²) < 4.78 is 4.35. The predicted octanol–water partition coefficient (Wildman–Crippen LogP) is 2.04. The number of carbonyl (C=O) groups excluding carboxylic acids is 1. The van der Waals surface area contributed by atoms with E-state index in [1.165, 1.54) is 11.5 Å². The second-order valence-corrected chi connectivity index (χ2v) is 6.30. The third-order valence-electron chi connectivity index (χ3n) is 4.02. The Morgan fingerprint density at radius 2 is 2.09 bits per heavy atom. The fourth-order valence-corrected chi connectivity index (χ4v) is 3.49. The van der Waals surface area contributed by atoms with Crippen LogP contribution in [0.1, 0.15) is 29.5 Å². The minimum absolute atomic E-state index is 0.0106. The molecule has 6 nitrogen and oxygen atoms in total. The molecule has 7 heteroatoms. The number of aryl methyl sites for hydroxylation is 1. The van der Waals surface area contributed by atoms with Gasteiger partial charge in [0, 0.05) is 49.8 Å². The van der Waals surface area contributed by atoms with E-state index >= 15 is 0 Å². The summed E-state index contributed by atoms with van der Waals surface area (Å²) in [7, 11) is 0. The van der Waals surface area contributed by atoms with Crippen LogP contribution in [0.2, 0.25) is 0 Å². The summed E-state index contributed by atoms with van der Waals surface area (Å²) in [5.74, 6) is 0.899. The van der Waals surface area contributed by atoms with Crippen molar-refractivity contribution in [1.29, 1.82) is 0 Å². The van der Waals surface area contributed by atoms with E-state index in [4.69, 9.17) is 5.73 Å². The summed E-state index contributed by atoms with van der Waals surface area (Å²) in [6.45, 7) is 5.14. The molecule has 0 unspecified atom stereocenters. The molecule has 23 heavy (non-hydrogen) atoms. The highest BCUT2D eigenvalue weighted by Gasteiger charge is 2.23. The van der Waals surface area contributed by atoms with Gasteiger partial charge in [-0.3, -0.25) is 4.79 Å². The van der Waals surface area contributed by atoms with Gasteiger partial charge in [0.2, 0.25) is 5.13 Å². The van der Waals surface area contributed by atoms with Gasteiger partial charge in [-0.15, -0.1) is 0 Å². The van der Waals surface area contributed by atoms with E-state index in [2.05, 4.69) is 21.2 Å². The maximum atomic E-state index is 12.7. The van der Waals surface area contributed by atoms with Crippen LogP contribution in [0, 0.1) is 0 Å². The fourth-order valence-electron chi connectivity index (χ4n) is 2.69. The maximum absolute atomic E-state index is 12.7. The first-order valence-electron chi connectivity index (χ1n) is 7.90. The van der Waals surface area contributed by atoms with Gasteiger partial charge in [-0.25, -0.2) is 4.98 Å². The number of benzene rings is 1. The Bertz CT molecular complexity index is 687. The third kappa shape index (κ3) is 3.44. The molecule has 0 atom stereocenters. The Morgan fingerprint density at radius 1 is 1.26 bits per heavy atom. The molecule has 1 aromatic carbocycles. The van der Waals surface area contributed by atoms with Crippen LogP contribution in [0.4, 0.5) is 10.8 Å². The van der Waals surface area contributed by atoms with Crippen molar-refractivity contribution < 1.29 is 4.79 Å². The third-order valence-corrected chi connectivity index (χ3v) is 4.83. The normalized spacial score (nSPS) is 15.5. The van der Waals surface area contributed by atoms with E-state index < -0.39 is 0 Å². The van der Waals surface area contributed by atoms with Crippen molar-refractivity contribution in [2.45, 2.75) is 19.8 Å². The van der Waals surface area contributed by atoms with Crippen molar-refractivity contribution in [3.8, 4) is 0 Å². The van der Waals surface area contributed by atoms with Crippen LogP contribution in [0.5, 0.6) is 0 Å². The molecule has 1 amide bonds. The van der Waals surface area contributed by atoms with Crippen molar-refractivity contribution in [3.05, 3.63) is 35.7 Å². The van der Waals surface area contributed by atoms with Crippen LogP contribution >= 0.6 is 11.5 Å². The van der Waals surface area contributed by atoms with Crippen LogP contribution < -0.4 is 10.6 Å². The quantitative estimate of drug-likeness (QED) is 0.871. The van der Waals surface area contributed by atoms with E-state index in [9.17, 15) is 4.79 Å². The number of nitrogens with zero attached hydrogens (tertiary/aromatic N) is 4. The Morgan fingerprint density at radius 3 is 2.83 bits per heavy atom. The number of hydrogen-bond acceptors (Lipinski definition) is 6. The standard InChI is InChI=1S/C16H21N5OS/c1-2-14-18-16(23-19-14)21-9-5-8-20(10-11-21)15(22)12-6-3-4-7-13(12)17/h3-4,6-7H,2,5,8-11,17H2,1H3. The minimum Gasteiger partial charge on any atom is -0.398 e. The van der Waals surface area contributed by atoms with Gasteiger partial charge in [0.05, 0.1) is 5.56 Å². The van der Waals surface area contributed by atoms with E-state index in [1.54, 1.807) is 12.1 Å². The van der Waals surface area contributed by atoms with E-state index in [0.29, 0.717) is 17.8 Å². The summed E-state index contributed by atoms with van der Waals surface area (Å²) in [6, 6.07) is 7.25. The number of rotatable bonds is 3. The summed E-state index contributed by atoms with van der Waals surface area (Å²) in [5.41, 5.74) is 7.05. The first kappa shape index (κ1) is 15.7. The Labute approximate surface area is 140 Å². The zero-order chi connectivity index (χ0) is 16.2. The van der Waals surface area contributed by atoms with Crippen molar-refractivity contribution >= 4 is 28.3 Å². The molecule has 1 aliphatic heterocycles. The molecule has 0 aliphatic carbocycles. The molecule has 1 fully saturated rings. The highest BCUT2D eigenvalue weighted by molar-refractivity contribution is 7.09. The average molecular weight is 331 g/mol. The van der Waals surface area contributed by atoms with Gasteiger partial charge in [0.25, 0.3) is 5.91 Å². The Kier molecular flexibility index (Phi) is 4.76. The lowest BCUT2D eigenvalue weighted by molar-refractivity contribution is 0.0768. The van der Waals surface area contributed by atoms with E-state index in [0.717, 1.165) is 43.4 Å². The molecule has 0 radical (unpaired) electrons. The second-order valence-electron chi connectivity index (χ2n) is 5.57. The Balaban J connectivity index is 1.68. The number of aromatic nitrogens is 2. The molecule has 2 N–H and O–H groups in total. The molecular formula is C16H21N5OS. The van der Waals surface area contributed by atoms with Crippen molar-refractivity contribution in [1.82, 2.24) is 14.3 Å². The van der Waals surface area contributed by atoms with Gasteiger partial charge >= 0.3 is 0 Å². The fraction of sp³-hybridized carbons (Fsp3) is 0.438. The molecule has 0 spiro atoms. The zero-order valence-electron chi connectivity index (χ0n) is 13.2. The monoisotopic (exact) mass is 331 g/mol. The maximum Gasteiger partial charge on any atom is 0.256 e. The lowest BCUT2D eigenvalue weighted by Crippen LogP contribution is -2.35. The molecule has 0 saturated carbocycles. The van der Waals surface area contributed by atoms with Crippen LogP contribution in [0.3, 0.4) is 0 Å². The number of carbonyl (C=O) groups is 1. The lowest BCUT2D eigenvalue weighted by atomic mass is 10.1. The van der Waals surface area contributed by atoms with Crippen molar-refractivity contribution in [2.75, 3.05) is 36.8 Å². The van der Waals surface area contributed by atoms with Crippen molar-refractivity contribution in [3.63, 3.8) is 0 Å². The van der Waals surface area contributed by atoms with E-state index in [1.807, 2.05) is 17.0 Å². The zero-order valence-corrected chi connectivity index (χ0v) is 14.1. The van der Waals surface area contributed by atoms with Gasteiger partial charge in [-0.2, -0.15) is 4.37 Å². The van der Waals surface area contributed by atoms with Gasteiger partial charge < -0.3 is 15.5 Å². The summed E-state index contributed by atoms with van der Waals surface area (Å²) in [6.07, 6.45) is 1.77. The number of anilines is 2. The molecular weight excluding hydrogens is 310 g/mol. The van der Waals surface area contributed by atoms with Gasteiger partial charge in [0.15, 0.2) is 0 Å². The van der Waals surface area contributed by atoms with Crippen LogP contribution in [0.15, 0.2) is 24.3 Å². The average Bonchev–Trinajstić information content (AvgIpc) is 2.91. The number of hydrogen-bond donors (Lipinski definition) is 1. The summed E-state index contributed by atoms with van der Waals surface area (Å²) in [4.78, 5) is 21.3. The molecule has 1 aromatic heterocycles. The van der Waals surface area contributed by atoms with Gasteiger partial charge in [-0.05, 0) is 18.6 Å². The first-order chi connectivity index (χ1) is 11.2. The number of nitrogens with two attached hydrogens (primary N) is 1. The van der Waals surface area contributed by atoms with Crippen molar-refractivity contribution in [2.24, 2.45) is 0 Å². The van der Waals surface area contributed by atoms with Gasteiger partial charge in [0.1, 0.15) is 5.82 Å². The highest BCUT2D eigenvalue weighted by Crippen LogP contribution is 2.21. The second kappa shape index (κ2) is 6.95. The SMILES string of the molecule is CCc1nsc(N2CCCN(C(=O)c3ccccc3N)CC2)n1. The lowest BCUT2D eigenvalue weighted by Gasteiger charge is -2.22. The largest absolute Gasteiger partial charge is 0.398 e. The van der Waals surface area contributed by atoms with Crippen LogP contribution in [-0.2, 0) is 6.42 Å². The van der Waals surface area contributed by atoms with Gasteiger partial charge in [-0.1, -0.05) is 19.1 Å². The van der Waals surface area contributed by atoms with Crippen LogP contribution in [-0.4, -0.2) is 46.3 Å². The molecule has 3 rings (SSSR count). The van der Waals surface area contributed by atoms with Crippen LogP contribution in [0.25, 0.3) is 0 Å². The molecule has 0 bridgehead atoms. The Hall–Kier alpha value is -2.15. The number of amides is 1. The summed E-state index contributed by atoms with van der Waals surface area (Å²) >= 11 is 1.44. The van der Waals surface area contributed by atoms with E-state index in [-0.39, 0.29) is 5.91 Å². The smallest absolute Gasteiger partial charge is 0.256 e. The molecule has 2 heterocycles. The molecule has 122 valence electrons. The highest BCUT2D eigenvalue weighted by atomic mass is 32.1. The molecule has 1 saturated heterocycles. The minimum atomic E-state index is 0.0106.